The molecular weight excluding hydrogens is 290 g/mol. The largest absolute Gasteiger partial charge is 0.340 e. The molecule has 0 atom stereocenters. The van der Waals surface area contributed by atoms with E-state index in [-0.39, 0.29) is 5.78 Å². The van der Waals surface area contributed by atoms with E-state index >= 15 is 0 Å². The molecule has 2 nitrogen and oxygen atoms in total. The number of anilines is 1. The van der Waals surface area contributed by atoms with Crippen LogP contribution in [0.2, 0.25) is 0 Å². The number of thioether (sulfide) groups is 1. The summed E-state index contributed by atoms with van der Waals surface area (Å²) in [4.78, 5) is 16.8. The summed E-state index contributed by atoms with van der Waals surface area (Å²) < 4.78 is 0. The van der Waals surface area contributed by atoms with Crippen molar-refractivity contribution in [2.45, 2.75) is 11.8 Å². The van der Waals surface area contributed by atoms with E-state index in [4.69, 9.17) is 0 Å². The maximum atomic E-state index is 12.7. The average Bonchev–Trinajstić information content (AvgIpc) is 2.91. The fourth-order valence-corrected chi connectivity index (χ4v) is 4.11. The topological polar surface area (TPSA) is 20.3 Å². The van der Waals surface area contributed by atoms with Gasteiger partial charge in [0.2, 0.25) is 5.78 Å². The van der Waals surface area contributed by atoms with E-state index < -0.39 is 0 Å². The summed E-state index contributed by atoms with van der Waals surface area (Å²) >= 11 is 1.58. The Morgan fingerprint density at radius 2 is 1.77 bits per heavy atom. The smallest absolute Gasteiger partial charge is 0.202 e. The molecule has 22 heavy (non-hydrogen) atoms. The fourth-order valence-electron chi connectivity index (χ4n) is 2.99. The Hall–Kier alpha value is -2.26. The third-order valence-electron chi connectivity index (χ3n) is 4.04. The zero-order chi connectivity index (χ0) is 15.1. The van der Waals surface area contributed by atoms with Gasteiger partial charge in [0, 0.05) is 22.7 Å². The summed E-state index contributed by atoms with van der Waals surface area (Å²) in [6.45, 7) is 2.96. The van der Waals surface area contributed by atoms with E-state index in [1.165, 1.54) is 11.3 Å². The van der Waals surface area contributed by atoms with Gasteiger partial charge in [-0.15, -0.1) is 0 Å². The van der Waals surface area contributed by atoms with Gasteiger partial charge in [-0.05, 0) is 36.8 Å². The van der Waals surface area contributed by atoms with Gasteiger partial charge in [0.15, 0.2) is 0 Å². The highest BCUT2D eigenvalue weighted by Gasteiger charge is 2.30. The zero-order valence-corrected chi connectivity index (χ0v) is 13.1. The molecule has 3 heteroatoms. The molecule has 0 fully saturated rings. The lowest BCUT2D eigenvalue weighted by molar-refractivity contribution is 0.104. The highest BCUT2D eigenvalue weighted by molar-refractivity contribution is 8.04. The van der Waals surface area contributed by atoms with Gasteiger partial charge in [0.05, 0.1) is 10.6 Å². The minimum absolute atomic E-state index is 0.137. The number of nitrogens with zero attached hydrogens (tertiary/aromatic N) is 1. The van der Waals surface area contributed by atoms with Crippen LogP contribution in [0.1, 0.15) is 22.8 Å². The van der Waals surface area contributed by atoms with Gasteiger partial charge in [-0.2, -0.15) is 0 Å². The SMILES string of the molecule is CCN1/C(=C2\Sc3ccccc3C2=O)C=Cc2ccccc21. The molecule has 4 rings (SSSR count). The lowest BCUT2D eigenvalue weighted by Crippen LogP contribution is -2.25. The summed E-state index contributed by atoms with van der Waals surface area (Å²) in [5.41, 5.74) is 4.19. The maximum absolute atomic E-state index is 12.7. The third-order valence-corrected chi connectivity index (χ3v) is 5.21. The first-order valence-electron chi connectivity index (χ1n) is 7.40. The van der Waals surface area contributed by atoms with E-state index in [9.17, 15) is 4.79 Å². The van der Waals surface area contributed by atoms with Crippen molar-refractivity contribution in [3.8, 4) is 0 Å². The molecule has 0 unspecified atom stereocenters. The second-order valence-corrected chi connectivity index (χ2v) is 6.33. The number of ketones is 1. The molecule has 0 aromatic heterocycles. The van der Waals surface area contributed by atoms with Crippen LogP contribution in [0.15, 0.2) is 70.1 Å². The molecule has 0 saturated heterocycles. The first kappa shape index (κ1) is 13.4. The lowest BCUT2D eigenvalue weighted by Gasteiger charge is -2.30. The minimum Gasteiger partial charge on any atom is -0.340 e. The van der Waals surface area contributed by atoms with E-state index in [1.54, 1.807) is 11.8 Å². The predicted molar refractivity (Wildman–Crippen MR) is 92.2 cm³/mol. The second-order valence-electron chi connectivity index (χ2n) is 5.28. The van der Waals surface area contributed by atoms with Crippen molar-refractivity contribution in [1.29, 1.82) is 0 Å². The molecule has 0 amide bonds. The highest BCUT2D eigenvalue weighted by Crippen LogP contribution is 2.44. The molecule has 2 aromatic rings. The van der Waals surface area contributed by atoms with Gasteiger partial charge >= 0.3 is 0 Å². The molecule has 2 aliphatic heterocycles. The van der Waals surface area contributed by atoms with Crippen LogP contribution in [0.4, 0.5) is 5.69 Å². The number of Topliss-reactive ketones (excluding diaryl/α,β-unsaturated/α-hetero) is 1. The van der Waals surface area contributed by atoms with E-state index in [0.29, 0.717) is 0 Å². The van der Waals surface area contributed by atoms with Gasteiger partial charge in [-0.25, -0.2) is 0 Å². The van der Waals surface area contributed by atoms with Crippen molar-refractivity contribution >= 4 is 29.3 Å². The van der Waals surface area contributed by atoms with Crippen LogP contribution in [0.5, 0.6) is 0 Å². The van der Waals surface area contributed by atoms with Gasteiger partial charge in [0.1, 0.15) is 0 Å². The molecule has 0 bridgehead atoms. The highest BCUT2D eigenvalue weighted by atomic mass is 32.2. The quantitative estimate of drug-likeness (QED) is 0.710. The number of benzene rings is 2. The monoisotopic (exact) mass is 305 g/mol. The van der Waals surface area contributed by atoms with Crippen LogP contribution in [-0.2, 0) is 0 Å². The number of fused-ring (bicyclic) bond motifs is 2. The second kappa shape index (κ2) is 5.18. The fraction of sp³-hybridized carbons (Fsp3) is 0.105. The normalized spacial score (nSPS) is 19.3. The molecule has 2 aromatic carbocycles. The standard InChI is InChI=1S/C19H15NOS/c1-2-20-15-9-5-3-7-13(15)11-12-16(20)19-18(21)14-8-4-6-10-17(14)22-19/h3-12H,2H2,1H3/b19-16-. The Labute approximate surface area is 134 Å². The number of carbonyl (C=O) groups excluding carboxylic acids is 1. The summed E-state index contributed by atoms with van der Waals surface area (Å²) in [6, 6.07) is 16.1. The van der Waals surface area contributed by atoms with E-state index in [1.807, 2.05) is 36.4 Å². The maximum Gasteiger partial charge on any atom is 0.202 e. The minimum atomic E-state index is 0.137. The number of hydrogen-bond acceptors (Lipinski definition) is 3. The Morgan fingerprint density at radius 1 is 1.00 bits per heavy atom. The molecule has 0 radical (unpaired) electrons. The van der Waals surface area contributed by atoms with Gasteiger partial charge in [-0.3, -0.25) is 4.79 Å². The lowest BCUT2D eigenvalue weighted by atomic mass is 10.0. The Bertz CT molecular complexity index is 835. The Balaban J connectivity index is 1.86. The van der Waals surface area contributed by atoms with Crippen molar-refractivity contribution < 1.29 is 4.79 Å². The first-order valence-corrected chi connectivity index (χ1v) is 8.21. The molecule has 108 valence electrons. The summed E-state index contributed by atoms with van der Waals surface area (Å²) in [5, 5.41) is 0. The number of likely N-dealkylation sites (N-methyl/N-ethyl adjacent to an activating group) is 1. The van der Waals surface area contributed by atoms with Crippen molar-refractivity contribution in [3.05, 3.63) is 76.3 Å². The summed E-state index contributed by atoms with van der Waals surface area (Å²) in [5.74, 6) is 0.137. The van der Waals surface area contributed by atoms with Crippen LogP contribution in [-0.4, -0.2) is 12.3 Å². The van der Waals surface area contributed by atoms with Crippen LogP contribution >= 0.6 is 11.8 Å². The van der Waals surface area contributed by atoms with Crippen molar-refractivity contribution in [2.24, 2.45) is 0 Å². The van der Waals surface area contributed by atoms with Gasteiger partial charge in [0.25, 0.3) is 0 Å². The number of allylic oxidation sites excluding steroid dienone is 2. The summed E-state index contributed by atoms with van der Waals surface area (Å²) in [7, 11) is 0. The number of hydrogen-bond donors (Lipinski definition) is 0. The Kier molecular flexibility index (Phi) is 3.16. The molecule has 0 N–H and O–H groups in total. The molecule has 0 saturated carbocycles. The zero-order valence-electron chi connectivity index (χ0n) is 12.2. The Morgan fingerprint density at radius 3 is 2.59 bits per heavy atom. The van der Waals surface area contributed by atoms with Crippen molar-refractivity contribution in [2.75, 3.05) is 11.4 Å². The third kappa shape index (κ3) is 1.93. The molecule has 2 heterocycles. The van der Waals surface area contributed by atoms with Crippen LogP contribution in [0, 0.1) is 0 Å². The van der Waals surface area contributed by atoms with Gasteiger partial charge < -0.3 is 4.90 Å². The molecule has 0 spiro atoms. The molecule has 0 aliphatic carbocycles. The number of para-hydroxylation sites is 1. The van der Waals surface area contributed by atoms with Crippen LogP contribution < -0.4 is 4.90 Å². The molecule has 2 aliphatic rings. The number of rotatable bonds is 1. The number of carbonyl (C=O) groups is 1. The van der Waals surface area contributed by atoms with E-state index in [2.05, 4.69) is 36.1 Å². The van der Waals surface area contributed by atoms with Gasteiger partial charge in [-0.1, -0.05) is 48.2 Å². The van der Waals surface area contributed by atoms with Crippen LogP contribution in [0.3, 0.4) is 0 Å². The average molecular weight is 305 g/mol. The van der Waals surface area contributed by atoms with Crippen molar-refractivity contribution in [1.82, 2.24) is 0 Å². The molecular formula is C19H15NOS. The van der Waals surface area contributed by atoms with Crippen molar-refractivity contribution in [3.63, 3.8) is 0 Å². The van der Waals surface area contributed by atoms with Crippen LogP contribution in [0.25, 0.3) is 6.08 Å². The predicted octanol–water partition coefficient (Wildman–Crippen LogP) is 4.74. The summed E-state index contributed by atoms with van der Waals surface area (Å²) in [6.07, 6.45) is 4.17. The van der Waals surface area contributed by atoms with E-state index in [0.717, 1.165) is 27.6 Å². The first-order chi connectivity index (χ1) is 10.8.